The largest absolute Gasteiger partial charge is 1.00 e. The second kappa shape index (κ2) is 19.8. The van der Waals surface area contributed by atoms with E-state index in [2.05, 4.69) is 6.92 Å². The molecule has 0 heterocycles. The Bertz CT molecular complexity index is 385. The normalized spacial score (nSPS) is 14.0. The monoisotopic (exact) mass is 416 g/mol. The molecule has 0 aliphatic heterocycles. The van der Waals surface area contributed by atoms with E-state index in [4.69, 9.17) is 0 Å². The molecule has 6 heteroatoms. The van der Waals surface area contributed by atoms with Gasteiger partial charge in [0.15, 0.2) is 0 Å². The molecule has 1 N–H and O–H groups in total. The zero-order valence-electron chi connectivity index (χ0n) is 17.5. The van der Waals surface area contributed by atoms with Crippen molar-refractivity contribution in [2.75, 3.05) is 0 Å². The Kier molecular flexibility index (Phi) is 22.6. The molecular formula is C20H41KO4S. The van der Waals surface area contributed by atoms with E-state index < -0.39 is 15.4 Å². The molecule has 0 saturated carbocycles. The van der Waals surface area contributed by atoms with Crippen LogP contribution in [0.3, 0.4) is 0 Å². The molecule has 0 aliphatic rings. The van der Waals surface area contributed by atoms with Gasteiger partial charge in [-0.25, -0.2) is 8.42 Å². The van der Waals surface area contributed by atoms with Gasteiger partial charge in [0, 0.05) is 5.25 Å². The quantitative estimate of drug-likeness (QED) is 0.212. The van der Waals surface area contributed by atoms with Gasteiger partial charge in [0.1, 0.15) is 0 Å². The summed E-state index contributed by atoms with van der Waals surface area (Å²) in [6, 6.07) is 0. The van der Waals surface area contributed by atoms with Gasteiger partial charge in [0.05, 0.1) is 16.2 Å². The van der Waals surface area contributed by atoms with Crippen LogP contribution in [-0.4, -0.2) is 29.4 Å². The predicted molar refractivity (Wildman–Crippen MR) is 105 cm³/mol. The fourth-order valence-corrected chi connectivity index (χ4v) is 4.19. The Hall–Kier alpha value is 1.51. The van der Waals surface area contributed by atoms with Gasteiger partial charge in [-0.3, -0.25) is 0 Å². The SMILES string of the molecule is CCCCCCCCCCC(CCCCCCCC(C)O)S(=O)(=O)[O-].[K+]. The molecule has 0 fully saturated rings. The second-order valence-corrected chi connectivity index (χ2v) is 9.22. The summed E-state index contributed by atoms with van der Waals surface area (Å²) < 4.78 is 34.3. The van der Waals surface area contributed by atoms with Crippen LogP contribution in [0.25, 0.3) is 0 Å². The first kappa shape index (κ1) is 29.7. The van der Waals surface area contributed by atoms with E-state index >= 15 is 0 Å². The Morgan fingerprint density at radius 1 is 0.731 bits per heavy atom. The molecule has 152 valence electrons. The van der Waals surface area contributed by atoms with Gasteiger partial charge in [-0.05, 0) is 26.2 Å². The van der Waals surface area contributed by atoms with E-state index in [1.54, 1.807) is 6.92 Å². The first-order valence-electron chi connectivity index (χ1n) is 10.5. The molecule has 0 aromatic carbocycles. The first-order valence-corrected chi connectivity index (χ1v) is 12.0. The van der Waals surface area contributed by atoms with Gasteiger partial charge < -0.3 is 9.66 Å². The minimum Gasteiger partial charge on any atom is -0.748 e. The van der Waals surface area contributed by atoms with Gasteiger partial charge in [0.2, 0.25) is 0 Å². The number of aliphatic hydroxyl groups excluding tert-OH is 1. The first-order chi connectivity index (χ1) is 11.9. The van der Waals surface area contributed by atoms with Crippen molar-refractivity contribution in [1.29, 1.82) is 0 Å². The zero-order valence-corrected chi connectivity index (χ0v) is 21.5. The Morgan fingerprint density at radius 2 is 1.08 bits per heavy atom. The van der Waals surface area contributed by atoms with Crippen molar-refractivity contribution in [3.63, 3.8) is 0 Å². The second-order valence-electron chi connectivity index (χ2n) is 7.57. The van der Waals surface area contributed by atoms with E-state index in [9.17, 15) is 18.1 Å². The van der Waals surface area contributed by atoms with Crippen LogP contribution in [0.5, 0.6) is 0 Å². The van der Waals surface area contributed by atoms with Crippen LogP contribution in [0, 0.1) is 0 Å². The average Bonchev–Trinajstić information content (AvgIpc) is 2.53. The fraction of sp³-hybridized carbons (Fsp3) is 1.00. The van der Waals surface area contributed by atoms with Crippen LogP contribution in [0.1, 0.15) is 117 Å². The molecule has 0 amide bonds. The van der Waals surface area contributed by atoms with Crippen molar-refractivity contribution in [3.8, 4) is 0 Å². The van der Waals surface area contributed by atoms with E-state index in [0.717, 1.165) is 57.8 Å². The van der Waals surface area contributed by atoms with Crippen molar-refractivity contribution in [2.45, 2.75) is 128 Å². The Balaban J connectivity index is 0. The minimum absolute atomic E-state index is 0. The molecule has 26 heavy (non-hydrogen) atoms. The summed E-state index contributed by atoms with van der Waals surface area (Å²) >= 11 is 0. The average molecular weight is 417 g/mol. The predicted octanol–water partition coefficient (Wildman–Crippen LogP) is 2.55. The van der Waals surface area contributed by atoms with Crippen LogP contribution in [0.2, 0.25) is 0 Å². The summed E-state index contributed by atoms with van der Waals surface area (Å²) in [7, 11) is -4.16. The van der Waals surface area contributed by atoms with Gasteiger partial charge >= 0.3 is 51.4 Å². The number of aliphatic hydroxyl groups is 1. The van der Waals surface area contributed by atoms with Gasteiger partial charge in [-0.15, -0.1) is 0 Å². The maximum atomic E-state index is 11.4. The molecule has 0 rings (SSSR count). The maximum Gasteiger partial charge on any atom is 1.00 e. The van der Waals surface area contributed by atoms with Crippen LogP contribution in [-0.2, 0) is 10.1 Å². The van der Waals surface area contributed by atoms with E-state index in [0.29, 0.717) is 12.8 Å². The summed E-state index contributed by atoms with van der Waals surface area (Å²) in [5.41, 5.74) is 0. The molecule has 0 radical (unpaired) electrons. The zero-order chi connectivity index (χ0) is 19.0. The smallest absolute Gasteiger partial charge is 0.748 e. The molecule has 4 nitrogen and oxygen atoms in total. The number of hydrogen-bond donors (Lipinski definition) is 1. The van der Waals surface area contributed by atoms with E-state index in [1.807, 2.05) is 0 Å². The summed E-state index contributed by atoms with van der Waals surface area (Å²) in [4.78, 5) is 0. The van der Waals surface area contributed by atoms with Gasteiger partial charge in [0.25, 0.3) is 0 Å². The summed E-state index contributed by atoms with van der Waals surface area (Å²) in [5, 5.41) is 8.50. The minimum atomic E-state index is -4.16. The van der Waals surface area contributed by atoms with Crippen LogP contribution >= 0.6 is 0 Å². The topological polar surface area (TPSA) is 77.4 Å². The van der Waals surface area contributed by atoms with Crippen molar-refractivity contribution in [3.05, 3.63) is 0 Å². The van der Waals surface area contributed by atoms with Gasteiger partial charge in [-0.1, -0.05) is 90.4 Å². The van der Waals surface area contributed by atoms with Crippen LogP contribution < -0.4 is 51.4 Å². The molecule has 2 atom stereocenters. The molecule has 0 bridgehead atoms. The molecule has 0 saturated heterocycles. The number of hydrogen-bond acceptors (Lipinski definition) is 4. The van der Waals surface area contributed by atoms with Crippen molar-refractivity contribution < 1.29 is 69.5 Å². The molecular weight excluding hydrogens is 375 g/mol. The third kappa shape index (κ3) is 20.2. The van der Waals surface area contributed by atoms with Crippen molar-refractivity contribution >= 4 is 10.1 Å². The van der Waals surface area contributed by atoms with Crippen LogP contribution in [0.4, 0.5) is 0 Å². The number of unbranched alkanes of at least 4 members (excludes halogenated alkanes) is 11. The Labute approximate surface area is 205 Å². The standard InChI is InChI=1S/C20H42O4S.K/c1-3-4-5-6-7-8-11-14-17-20(25(22,23)24)18-15-12-9-10-13-16-19(2)21;/h19-21H,3-18H2,1-2H3,(H,22,23,24);/q;+1/p-1. The summed E-state index contributed by atoms with van der Waals surface area (Å²) in [5.74, 6) is 0. The maximum absolute atomic E-state index is 11.4. The Morgan fingerprint density at radius 3 is 1.42 bits per heavy atom. The third-order valence-corrected chi connectivity index (χ3v) is 6.22. The number of rotatable bonds is 18. The third-order valence-electron chi connectivity index (χ3n) is 4.94. The molecule has 2 unspecified atom stereocenters. The fourth-order valence-electron chi connectivity index (χ4n) is 3.28. The molecule has 0 spiro atoms. The molecule has 0 aromatic heterocycles. The summed E-state index contributed by atoms with van der Waals surface area (Å²) in [6.07, 6.45) is 16.0. The van der Waals surface area contributed by atoms with E-state index in [-0.39, 0.29) is 57.5 Å². The van der Waals surface area contributed by atoms with Crippen molar-refractivity contribution in [2.24, 2.45) is 0 Å². The van der Waals surface area contributed by atoms with E-state index in [1.165, 1.54) is 32.1 Å². The van der Waals surface area contributed by atoms with Crippen LogP contribution in [0.15, 0.2) is 0 Å². The van der Waals surface area contributed by atoms with Crippen molar-refractivity contribution in [1.82, 2.24) is 0 Å². The van der Waals surface area contributed by atoms with Gasteiger partial charge in [-0.2, -0.15) is 0 Å². The molecule has 0 aromatic rings. The molecule has 0 aliphatic carbocycles. The summed E-state index contributed by atoms with van der Waals surface area (Å²) in [6.45, 7) is 4.01.